The second kappa shape index (κ2) is 7.61. The van der Waals surface area contributed by atoms with Crippen molar-refractivity contribution in [1.29, 1.82) is 0 Å². The van der Waals surface area contributed by atoms with E-state index in [0.29, 0.717) is 11.3 Å². The molecular weight excluding hydrogens is 300 g/mol. The zero-order chi connectivity index (χ0) is 18.0. The fraction of sp³-hybridized carbons (Fsp3) is 1.00. The Morgan fingerprint density at radius 3 is 2.00 bits per heavy atom. The standard InChI is InChI=1S/C20H40N2O2/c1-18(2,3)16-22-11-9-21(10-12-22)8-7-20(23)13-17(14-20)15-24-19(4,5)6/h17,23H,7-16H2,1-6H3. The van der Waals surface area contributed by atoms with Gasteiger partial charge in [-0.1, -0.05) is 20.8 Å². The van der Waals surface area contributed by atoms with Gasteiger partial charge in [-0.25, -0.2) is 0 Å². The molecule has 2 aliphatic rings. The Morgan fingerprint density at radius 2 is 1.50 bits per heavy atom. The van der Waals surface area contributed by atoms with Crippen LogP contribution in [0, 0.1) is 11.3 Å². The van der Waals surface area contributed by atoms with Gasteiger partial charge in [0.2, 0.25) is 0 Å². The molecule has 1 saturated heterocycles. The number of hydrogen-bond acceptors (Lipinski definition) is 4. The largest absolute Gasteiger partial charge is 0.390 e. The number of ether oxygens (including phenoxy) is 1. The Bertz CT molecular complexity index is 383. The van der Waals surface area contributed by atoms with Crippen LogP contribution in [0.3, 0.4) is 0 Å². The smallest absolute Gasteiger partial charge is 0.0667 e. The van der Waals surface area contributed by atoms with Gasteiger partial charge in [0.15, 0.2) is 0 Å². The first-order chi connectivity index (χ1) is 10.9. The van der Waals surface area contributed by atoms with Gasteiger partial charge in [-0.05, 0) is 51.4 Å². The normalized spacial score (nSPS) is 30.4. The lowest BCUT2D eigenvalue weighted by Gasteiger charge is -2.46. The van der Waals surface area contributed by atoms with E-state index in [0.717, 1.165) is 58.6 Å². The van der Waals surface area contributed by atoms with Crippen LogP contribution in [-0.2, 0) is 4.74 Å². The molecule has 0 radical (unpaired) electrons. The summed E-state index contributed by atoms with van der Waals surface area (Å²) >= 11 is 0. The van der Waals surface area contributed by atoms with Crippen LogP contribution >= 0.6 is 0 Å². The molecule has 0 aromatic rings. The Hall–Kier alpha value is -0.160. The maximum absolute atomic E-state index is 10.7. The van der Waals surface area contributed by atoms with Crippen molar-refractivity contribution in [2.45, 2.75) is 72.0 Å². The number of rotatable bonds is 6. The average molecular weight is 341 g/mol. The quantitative estimate of drug-likeness (QED) is 0.806. The van der Waals surface area contributed by atoms with Crippen LogP contribution in [0.4, 0.5) is 0 Å². The van der Waals surface area contributed by atoms with Crippen molar-refractivity contribution in [3.8, 4) is 0 Å². The molecule has 0 aromatic heterocycles. The summed E-state index contributed by atoms with van der Waals surface area (Å²) in [4.78, 5) is 5.10. The van der Waals surface area contributed by atoms with Gasteiger partial charge < -0.3 is 19.6 Å². The number of aliphatic hydroxyl groups is 1. The van der Waals surface area contributed by atoms with Crippen LogP contribution in [0.5, 0.6) is 0 Å². The van der Waals surface area contributed by atoms with E-state index in [1.54, 1.807) is 0 Å². The molecule has 4 heteroatoms. The Labute approximate surface area is 149 Å². The molecule has 4 nitrogen and oxygen atoms in total. The Balaban J connectivity index is 1.60. The minimum Gasteiger partial charge on any atom is -0.390 e. The first-order valence-corrected chi connectivity index (χ1v) is 9.75. The molecule has 0 spiro atoms. The average Bonchev–Trinajstić information content (AvgIpc) is 2.39. The van der Waals surface area contributed by atoms with E-state index in [-0.39, 0.29) is 5.60 Å². The van der Waals surface area contributed by atoms with E-state index in [2.05, 4.69) is 51.3 Å². The van der Waals surface area contributed by atoms with Gasteiger partial charge in [-0.3, -0.25) is 0 Å². The van der Waals surface area contributed by atoms with Crippen molar-refractivity contribution in [3.05, 3.63) is 0 Å². The Kier molecular flexibility index (Phi) is 6.39. The molecule has 2 fully saturated rings. The molecule has 1 heterocycles. The first-order valence-electron chi connectivity index (χ1n) is 9.75. The molecule has 1 aliphatic heterocycles. The highest BCUT2D eigenvalue weighted by Gasteiger charge is 2.42. The summed E-state index contributed by atoms with van der Waals surface area (Å²) < 4.78 is 5.85. The predicted molar refractivity (Wildman–Crippen MR) is 100 cm³/mol. The zero-order valence-electron chi connectivity index (χ0n) is 16.9. The minimum absolute atomic E-state index is 0.0690. The highest BCUT2D eigenvalue weighted by atomic mass is 16.5. The van der Waals surface area contributed by atoms with Crippen LogP contribution in [0.1, 0.15) is 60.8 Å². The fourth-order valence-corrected chi connectivity index (χ4v) is 3.91. The molecule has 0 bridgehead atoms. The summed E-state index contributed by atoms with van der Waals surface area (Å²) in [6.07, 6.45) is 2.73. The van der Waals surface area contributed by atoms with Crippen LogP contribution in [-0.4, -0.2) is 72.0 Å². The molecule has 0 aromatic carbocycles. The molecule has 24 heavy (non-hydrogen) atoms. The van der Waals surface area contributed by atoms with Crippen molar-refractivity contribution >= 4 is 0 Å². The number of hydrogen-bond donors (Lipinski definition) is 1. The second-order valence-corrected chi connectivity index (χ2v) is 10.4. The Morgan fingerprint density at radius 1 is 0.958 bits per heavy atom. The summed E-state index contributed by atoms with van der Waals surface area (Å²) in [6.45, 7) is 20.8. The van der Waals surface area contributed by atoms with E-state index in [1.165, 1.54) is 6.54 Å². The van der Waals surface area contributed by atoms with Gasteiger partial charge >= 0.3 is 0 Å². The lowest BCUT2D eigenvalue weighted by Crippen LogP contribution is -2.52. The third-order valence-corrected chi connectivity index (χ3v) is 5.15. The summed E-state index contributed by atoms with van der Waals surface area (Å²) in [7, 11) is 0. The molecule has 1 N–H and O–H groups in total. The van der Waals surface area contributed by atoms with E-state index < -0.39 is 5.60 Å². The third kappa shape index (κ3) is 6.99. The van der Waals surface area contributed by atoms with Crippen molar-refractivity contribution in [1.82, 2.24) is 9.80 Å². The predicted octanol–water partition coefficient (Wildman–Crippen LogP) is 3.00. The van der Waals surface area contributed by atoms with Crippen LogP contribution < -0.4 is 0 Å². The monoisotopic (exact) mass is 340 g/mol. The SMILES string of the molecule is CC(C)(C)CN1CCN(CCC2(O)CC(COC(C)(C)C)C2)CC1. The van der Waals surface area contributed by atoms with Crippen LogP contribution in [0.25, 0.3) is 0 Å². The zero-order valence-corrected chi connectivity index (χ0v) is 16.9. The summed E-state index contributed by atoms with van der Waals surface area (Å²) in [6, 6.07) is 0. The molecule has 0 amide bonds. The topological polar surface area (TPSA) is 35.9 Å². The molecule has 1 saturated carbocycles. The van der Waals surface area contributed by atoms with Gasteiger partial charge in [0.25, 0.3) is 0 Å². The molecular formula is C20H40N2O2. The lowest BCUT2D eigenvalue weighted by molar-refractivity contribution is -0.124. The van der Waals surface area contributed by atoms with Gasteiger partial charge in [-0.2, -0.15) is 0 Å². The molecule has 2 rings (SSSR count). The highest BCUT2D eigenvalue weighted by Crippen LogP contribution is 2.41. The van der Waals surface area contributed by atoms with Gasteiger partial charge in [0.1, 0.15) is 0 Å². The fourth-order valence-electron chi connectivity index (χ4n) is 3.91. The van der Waals surface area contributed by atoms with Crippen LogP contribution in [0.15, 0.2) is 0 Å². The third-order valence-electron chi connectivity index (χ3n) is 5.15. The number of nitrogens with zero attached hydrogens (tertiary/aromatic N) is 2. The van der Waals surface area contributed by atoms with Crippen molar-refractivity contribution in [2.75, 3.05) is 45.9 Å². The molecule has 142 valence electrons. The summed E-state index contributed by atoms with van der Waals surface area (Å²) in [5, 5.41) is 10.7. The van der Waals surface area contributed by atoms with E-state index >= 15 is 0 Å². The van der Waals surface area contributed by atoms with Gasteiger partial charge in [0, 0.05) is 39.3 Å². The second-order valence-electron chi connectivity index (χ2n) is 10.4. The molecule has 0 unspecified atom stereocenters. The first kappa shape index (κ1) is 20.2. The maximum atomic E-state index is 10.7. The highest BCUT2D eigenvalue weighted by molar-refractivity contribution is 4.95. The van der Waals surface area contributed by atoms with Crippen LogP contribution in [0.2, 0.25) is 0 Å². The lowest BCUT2D eigenvalue weighted by atomic mass is 9.69. The van der Waals surface area contributed by atoms with Crippen molar-refractivity contribution < 1.29 is 9.84 Å². The number of piperazine rings is 1. The maximum Gasteiger partial charge on any atom is 0.0667 e. The van der Waals surface area contributed by atoms with Gasteiger partial charge in [-0.15, -0.1) is 0 Å². The van der Waals surface area contributed by atoms with E-state index in [1.807, 2.05) is 0 Å². The van der Waals surface area contributed by atoms with Crippen molar-refractivity contribution in [2.24, 2.45) is 11.3 Å². The van der Waals surface area contributed by atoms with E-state index in [4.69, 9.17) is 4.74 Å². The summed E-state index contributed by atoms with van der Waals surface area (Å²) in [5.41, 5.74) is -0.123. The molecule has 1 aliphatic carbocycles. The van der Waals surface area contributed by atoms with E-state index in [9.17, 15) is 5.11 Å². The molecule has 0 atom stereocenters. The minimum atomic E-state index is -0.436. The van der Waals surface area contributed by atoms with Crippen molar-refractivity contribution in [3.63, 3.8) is 0 Å². The van der Waals surface area contributed by atoms with Gasteiger partial charge in [0.05, 0.1) is 17.8 Å². The summed E-state index contributed by atoms with van der Waals surface area (Å²) in [5.74, 6) is 0.540.